The molecule has 0 aliphatic heterocycles. The van der Waals surface area contributed by atoms with Crippen molar-refractivity contribution in [2.45, 2.75) is 38.0 Å². The summed E-state index contributed by atoms with van der Waals surface area (Å²) in [5.74, 6) is -0.193. The molecule has 404 valence electrons. The highest BCUT2D eigenvalue weighted by Gasteiger charge is 2.52. The molecule has 0 saturated carbocycles. The minimum absolute atomic E-state index is 0.00650. The Kier molecular flexibility index (Phi) is 10.5. The van der Waals surface area contributed by atoms with Gasteiger partial charge in [0, 0.05) is 50.0 Å². The first-order chi connectivity index (χ1) is 42.4. The number of allylic oxidation sites excluding steroid dienone is 4. The van der Waals surface area contributed by atoms with Crippen molar-refractivity contribution >= 4 is 60.7 Å². The second-order valence-corrected chi connectivity index (χ2v) is 24.2. The molecule has 86 heavy (non-hydrogen) atoms. The number of benzene rings is 12. The SMILES string of the molecule is Cc1ccc(C)c(-c2ccc3c(c2)C2(c4ccccc4-c4ccccc42)c2cc(C(=O)c4ccc(-c5ccccc5)c(C5C6=C(CCC(n7c8ccccc8c8ccccc87)=C6)c6ccc(-n7c8ccccc8c8ccccc87)cc65)c4)ccc2-3)c1. The lowest BCUT2D eigenvalue weighted by Gasteiger charge is -2.31. The largest absolute Gasteiger partial charge is 0.313 e. The topological polar surface area (TPSA) is 26.9 Å². The van der Waals surface area contributed by atoms with Gasteiger partial charge in [0.2, 0.25) is 0 Å². The van der Waals surface area contributed by atoms with Gasteiger partial charge in [0.05, 0.1) is 27.5 Å². The van der Waals surface area contributed by atoms with Crippen LogP contribution in [-0.2, 0) is 5.41 Å². The second kappa shape index (κ2) is 18.4. The number of hydrogen-bond donors (Lipinski definition) is 0. The summed E-state index contributed by atoms with van der Waals surface area (Å²) in [6.07, 6.45) is 4.29. The Hall–Kier alpha value is -10.6. The first kappa shape index (κ1) is 48.9. The van der Waals surface area contributed by atoms with Gasteiger partial charge in [-0.2, -0.15) is 0 Å². The van der Waals surface area contributed by atoms with E-state index in [9.17, 15) is 0 Å². The van der Waals surface area contributed by atoms with Gasteiger partial charge in [-0.25, -0.2) is 0 Å². The highest BCUT2D eigenvalue weighted by molar-refractivity contribution is 6.13. The fourth-order valence-corrected chi connectivity index (χ4v) is 16.1. The Morgan fingerprint density at radius 3 is 1.55 bits per heavy atom. The van der Waals surface area contributed by atoms with E-state index in [1.165, 1.54) is 133 Å². The first-order valence-corrected chi connectivity index (χ1v) is 30.3. The number of ketones is 1. The number of carbonyl (C=O) groups is 1. The molecule has 0 saturated heterocycles. The molecule has 1 atom stereocenters. The molecule has 3 nitrogen and oxygen atoms in total. The normalized spacial score (nSPS) is 15.0. The molecule has 18 rings (SSSR count). The molecule has 0 N–H and O–H groups in total. The number of nitrogens with zero attached hydrogens (tertiary/aromatic N) is 2. The van der Waals surface area contributed by atoms with E-state index >= 15 is 4.79 Å². The molecule has 1 spiro atoms. The number of rotatable bonds is 7. The number of aryl methyl sites for hydroxylation is 2. The molecule has 2 heterocycles. The Morgan fingerprint density at radius 1 is 0.384 bits per heavy atom. The van der Waals surface area contributed by atoms with E-state index in [0.29, 0.717) is 11.1 Å². The summed E-state index contributed by atoms with van der Waals surface area (Å²) in [5.41, 5.74) is 31.1. The van der Waals surface area contributed by atoms with Gasteiger partial charge in [-0.05, 0) is 188 Å². The highest BCUT2D eigenvalue weighted by Crippen LogP contribution is 2.64. The maximum Gasteiger partial charge on any atom is 0.193 e. The maximum absolute atomic E-state index is 16.1. The van der Waals surface area contributed by atoms with Crippen LogP contribution in [0.25, 0.3) is 105 Å². The number of hydrogen-bond acceptors (Lipinski definition) is 1. The van der Waals surface area contributed by atoms with Crippen LogP contribution in [0.4, 0.5) is 0 Å². The Bertz CT molecular complexity index is 5200. The van der Waals surface area contributed by atoms with Gasteiger partial charge in [0.1, 0.15) is 0 Å². The van der Waals surface area contributed by atoms with Crippen LogP contribution >= 0.6 is 0 Å². The third-order valence-electron chi connectivity index (χ3n) is 19.8. The smallest absolute Gasteiger partial charge is 0.193 e. The Balaban J connectivity index is 0.846. The fourth-order valence-electron chi connectivity index (χ4n) is 16.1. The van der Waals surface area contributed by atoms with Crippen molar-refractivity contribution in [3.05, 3.63) is 340 Å². The van der Waals surface area contributed by atoms with Crippen molar-refractivity contribution in [1.29, 1.82) is 0 Å². The molecular weight excluding hydrogens is 1040 g/mol. The summed E-state index contributed by atoms with van der Waals surface area (Å²) in [6, 6.07) is 98.2. The van der Waals surface area contributed by atoms with E-state index in [0.717, 1.165) is 40.8 Å². The van der Waals surface area contributed by atoms with Crippen molar-refractivity contribution in [1.82, 2.24) is 9.13 Å². The van der Waals surface area contributed by atoms with E-state index < -0.39 is 5.41 Å². The first-order valence-electron chi connectivity index (χ1n) is 30.3. The fraction of sp³-hybridized carbons (Fsp3) is 0.0723. The van der Waals surface area contributed by atoms with Gasteiger partial charge in [0.25, 0.3) is 0 Å². The van der Waals surface area contributed by atoms with E-state index in [1.807, 2.05) is 0 Å². The van der Waals surface area contributed by atoms with Gasteiger partial charge in [-0.1, -0.05) is 218 Å². The molecule has 0 amide bonds. The summed E-state index contributed by atoms with van der Waals surface area (Å²) in [7, 11) is 0. The van der Waals surface area contributed by atoms with Crippen LogP contribution in [0, 0.1) is 13.8 Å². The standard InChI is InChI=1S/C83H56N2O/c1-50-32-33-51(2)69(44-50)53-34-40-63-64-41-36-55(47-76(64)83(75(63)46-53)73-26-12-6-20-61(73)62-21-7-13-27-74(62)83)82(86)54-35-39-58(52-18-4-3-5-19-52)70(45-54)81-71-48-56(84-77-28-14-8-22-65(77)66-23-9-15-29-78(66)84)37-42-59(71)60-43-38-57(49-72(60)81)85-79-30-16-10-24-67(79)68-25-11-17-31-80(68)85/h3-37,39-42,44-49,81H,38,43H2,1-2H3. The molecule has 4 aliphatic rings. The van der Waals surface area contributed by atoms with Gasteiger partial charge >= 0.3 is 0 Å². The van der Waals surface area contributed by atoms with Crippen molar-refractivity contribution in [3.8, 4) is 50.2 Å². The second-order valence-electron chi connectivity index (χ2n) is 24.2. The summed E-state index contributed by atoms with van der Waals surface area (Å²) in [4.78, 5) is 16.1. The lowest BCUT2D eigenvalue weighted by Crippen LogP contribution is -2.26. The molecular formula is C83H56N2O. The number of para-hydroxylation sites is 4. The summed E-state index contributed by atoms with van der Waals surface area (Å²) >= 11 is 0. The predicted molar refractivity (Wildman–Crippen MR) is 355 cm³/mol. The van der Waals surface area contributed by atoms with Crippen molar-refractivity contribution < 1.29 is 4.79 Å². The minimum Gasteiger partial charge on any atom is -0.313 e. The van der Waals surface area contributed by atoms with Crippen molar-refractivity contribution in [2.75, 3.05) is 0 Å². The number of fused-ring (bicyclic) bond motifs is 18. The molecule has 0 radical (unpaired) electrons. The molecule has 1 unspecified atom stereocenters. The number of aromatic nitrogens is 2. The average Bonchev–Trinajstić information content (AvgIpc) is 1.56. The molecule has 2 aromatic heterocycles. The quantitative estimate of drug-likeness (QED) is 0.146. The van der Waals surface area contributed by atoms with Crippen LogP contribution in [-0.4, -0.2) is 14.9 Å². The zero-order valence-electron chi connectivity index (χ0n) is 47.8. The van der Waals surface area contributed by atoms with Crippen LogP contribution < -0.4 is 0 Å². The highest BCUT2D eigenvalue weighted by atomic mass is 16.1. The van der Waals surface area contributed by atoms with Crippen LogP contribution in [0.2, 0.25) is 0 Å². The molecule has 4 aliphatic carbocycles. The zero-order valence-corrected chi connectivity index (χ0v) is 47.8. The van der Waals surface area contributed by atoms with E-state index in [2.05, 4.69) is 296 Å². The molecule has 12 aromatic carbocycles. The lowest BCUT2D eigenvalue weighted by molar-refractivity contribution is 0.103. The number of carbonyl (C=O) groups excluding carboxylic acids is 1. The Labute approximate surface area is 499 Å². The summed E-state index contributed by atoms with van der Waals surface area (Å²) in [5, 5.41) is 4.99. The van der Waals surface area contributed by atoms with Gasteiger partial charge in [-0.3, -0.25) is 4.79 Å². The average molecular weight is 1100 g/mol. The van der Waals surface area contributed by atoms with Crippen molar-refractivity contribution in [3.63, 3.8) is 0 Å². The van der Waals surface area contributed by atoms with Gasteiger partial charge < -0.3 is 9.13 Å². The third-order valence-corrected chi connectivity index (χ3v) is 19.8. The molecule has 0 bridgehead atoms. The van der Waals surface area contributed by atoms with Crippen LogP contribution in [0.1, 0.15) is 84.8 Å². The maximum atomic E-state index is 16.1. The zero-order chi connectivity index (χ0) is 56.9. The van der Waals surface area contributed by atoms with Gasteiger partial charge in [-0.15, -0.1) is 0 Å². The summed E-state index contributed by atoms with van der Waals surface area (Å²) in [6.45, 7) is 4.39. The Morgan fingerprint density at radius 2 is 0.895 bits per heavy atom. The lowest BCUT2D eigenvalue weighted by atomic mass is 9.70. The molecule has 0 fully saturated rings. The van der Waals surface area contributed by atoms with Crippen LogP contribution in [0.3, 0.4) is 0 Å². The summed E-state index contributed by atoms with van der Waals surface area (Å²) < 4.78 is 4.96. The minimum atomic E-state index is -0.643. The molecule has 3 heteroatoms. The van der Waals surface area contributed by atoms with Crippen LogP contribution in [0.15, 0.2) is 279 Å². The monoisotopic (exact) mass is 1100 g/mol. The van der Waals surface area contributed by atoms with E-state index in [-0.39, 0.29) is 11.7 Å². The molecule has 14 aromatic rings. The van der Waals surface area contributed by atoms with Crippen LogP contribution in [0.5, 0.6) is 0 Å². The van der Waals surface area contributed by atoms with Gasteiger partial charge in [0.15, 0.2) is 5.78 Å². The van der Waals surface area contributed by atoms with Crippen molar-refractivity contribution in [2.24, 2.45) is 0 Å². The predicted octanol–water partition coefficient (Wildman–Crippen LogP) is 20.7. The van der Waals surface area contributed by atoms with E-state index in [4.69, 9.17) is 0 Å². The third kappa shape index (κ3) is 6.82. The van der Waals surface area contributed by atoms with E-state index in [1.54, 1.807) is 0 Å².